The lowest BCUT2D eigenvalue weighted by Crippen LogP contribution is -2.51. The van der Waals surface area contributed by atoms with E-state index in [1.54, 1.807) is 0 Å². The van der Waals surface area contributed by atoms with Crippen molar-refractivity contribution in [3.63, 3.8) is 0 Å². The van der Waals surface area contributed by atoms with Crippen molar-refractivity contribution in [2.24, 2.45) is 0 Å². The van der Waals surface area contributed by atoms with Crippen molar-refractivity contribution >= 4 is 17.3 Å². The molecule has 166 valence electrons. The average molecular weight is 451 g/mol. The third-order valence-corrected chi connectivity index (χ3v) is 6.38. The van der Waals surface area contributed by atoms with E-state index in [1.165, 1.54) is 11.1 Å². The highest BCUT2D eigenvalue weighted by molar-refractivity contribution is 7.80. The van der Waals surface area contributed by atoms with Crippen LogP contribution in [0.15, 0.2) is 115 Å². The van der Waals surface area contributed by atoms with E-state index in [1.807, 2.05) is 18.2 Å². The molecule has 0 unspecified atom stereocenters. The highest BCUT2D eigenvalue weighted by Gasteiger charge is 2.37. The van der Waals surface area contributed by atoms with Crippen LogP contribution in [0.4, 0.5) is 0 Å². The van der Waals surface area contributed by atoms with Crippen molar-refractivity contribution in [3.8, 4) is 0 Å². The van der Waals surface area contributed by atoms with Crippen molar-refractivity contribution in [2.45, 2.75) is 31.8 Å². The SMILES string of the molecule is CCc1ccc([C@H](C)NC(=S)NC(c2ccccc2)(c2ccccc2)c2ccccc2)cc1. The van der Waals surface area contributed by atoms with Gasteiger partial charge in [-0.1, -0.05) is 122 Å². The van der Waals surface area contributed by atoms with Crippen molar-refractivity contribution in [1.82, 2.24) is 10.6 Å². The molecular formula is C30H30N2S. The molecule has 0 fully saturated rings. The Hall–Kier alpha value is -3.43. The second kappa shape index (κ2) is 10.5. The molecule has 4 aromatic rings. The standard InChI is InChI=1S/C30H30N2S/c1-3-24-19-21-25(22-20-24)23(2)31-29(33)32-30(26-13-7-4-8-14-26,27-15-9-5-10-16-27)28-17-11-6-12-18-28/h4-23H,3H2,1-2H3,(H2,31,32,33)/t23-/m0/s1. The molecule has 0 aromatic heterocycles. The fraction of sp³-hybridized carbons (Fsp3) is 0.167. The van der Waals surface area contributed by atoms with Crippen LogP contribution in [-0.2, 0) is 12.0 Å². The maximum absolute atomic E-state index is 5.90. The maximum Gasteiger partial charge on any atom is 0.168 e. The van der Waals surface area contributed by atoms with E-state index in [-0.39, 0.29) is 6.04 Å². The van der Waals surface area contributed by atoms with Crippen molar-refractivity contribution < 1.29 is 0 Å². The molecule has 33 heavy (non-hydrogen) atoms. The first-order valence-corrected chi connectivity index (χ1v) is 11.9. The summed E-state index contributed by atoms with van der Waals surface area (Å²) in [5.41, 5.74) is 5.31. The zero-order chi connectivity index (χ0) is 23.1. The summed E-state index contributed by atoms with van der Waals surface area (Å²) in [5.74, 6) is 0. The Morgan fingerprint density at radius 3 is 1.52 bits per heavy atom. The predicted octanol–water partition coefficient (Wildman–Crippen LogP) is 6.77. The first-order valence-electron chi connectivity index (χ1n) is 11.5. The molecule has 3 heteroatoms. The van der Waals surface area contributed by atoms with Gasteiger partial charge in [0.05, 0.1) is 6.04 Å². The number of thiocarbonyl (C=S) groups is 1. The van der Waals surface area contributed by atoms with Gasteiger partial charge in [-0.15, -0.1) is 0 Å². The maximum atomic E-state index is 5.90. The van der Waals surface area contributed by atoms with Crippen molar-refractivity contribution in [2.75, 3.05) is 0 Å². The first-order chi connectivity index (χ1) is 16.1. The minimum Gasteiger partial charge on any atom is -0.356 e. The minimum atomic E-state index is -0.625. The molecule has 4 rings (SSSR count). The third kappa shape index (κ3) is 4.99. The summed E-state index contributed by atoms with van der Waals surface area (Å²) in [4.78, 5) is 0. The Morgan fingerprint density at radius 1 is 0.697 bits per heavy atom. The molecule has 0 saturated heterocycles. The molecule has 2 nitrogen and oxygen atoms in total. The number of hydrogen-bond donors (Lipinski definition) is 2. The fourth-order valence-corrected chi connectivity index (χ4v) is 4.64. The number of hydrogen-bond acceptors (Lipinski definition) is 1. The van der Waals surface area contributed by atoms with Crippen molar-refractivity contribution in [3.05, 3.63) is 143 Å². The normalized spacial score (nSPS) is 12.1. The lowest BCUT2D eigenvalue weighted by molar-refractivity contribution is 0.557. The van der Waals surface area contributed by atoms with Gasteiger partial charge in [0.1, 0.15) is 5.54 Å². The average Bonchev–Trinajstić information content (AvgIpc) is 2.89. The highest BCUT2D eigenvalue weighted by Crippen LogP contribution is 2.36. The summed E-state index contributed by atoms with van der Waals surface area (Å²) in [6.07, 6.45) is 1.04. The molecule has 0 heterocycles. The molecule has 1 atom stereocenters. The largest absolute Gasteiger partial charge is 0.356 e. The Bertz CT molecular complexity index is 1060. The Kier molecular flexibility index (Phi) is 7.21. The fourth-order valence-electron chi connectivity index (χ4n) is 4.31. The molecule has 0 aliphatic rings. The number of benzene rings is 4. The van der Waals surface area contributed by atoms with Crippen LogP contribution in [0.2, 0.25) is 0 Å². The molecular weight excluding hydrogens is 420 g/mol. The predicted molar refractivity (Wildman–Crippen MR) is 142 cm³/mol. The molecule has 0 saturated carbocycles. The second-order valence-corrected chi connectivity index (χ2v) is 8.67. The Balaban J connectivity index is 1.72. The highest BCUT2D eigenvalue weighted by atomic mass is 32.1. The Morgan fingerprint density at radius 2 is 1.12 bits per heavy atom. The second-order valence-electron chi connectivity index (χ2n) is 8.26. The van der Waals surface area contributed by atoms with Gasteiger partial charge < -0.3 is 10.6 Å². The smallest absolute Gasteiger partial charge is 0.168 e. The van der Waals surface area contributed by atoms with Gasteiger partial charge in [-0.25, -0.2) is 0 Å². The zero-order valence-electron chi connectivity index (χ0n) is 19.2. The van der Waals surface area contributed by atoms with Crippen LogP contribution in [0, 0.1) is 0 Å². The Labute approximate surface area is 202 Å². The summed E-state index contributed by atoms with van der Waals surface area (Å²) in [6, 6.07) is 40.3. The summed E-state index contributed by atoms with van der Waals surface area (Å²) < 4.78 is 0. The molecule has 2 N–H and O–H groups in total. The van der Waals surface area contributed by atoms with Gasteiger partial charge in [0, 0.05) is 0 Å². The first kappa shape index (κ1) is 22.8. The van der Waals surface area contributed by atoms with Gasteiger partial charge in [-0.2, -0.15) is 0 Å². The third-order valence-electron chi connectivity index (χ3n) is 6.16. The van der Waals surface area contributed by atoms with Gasteiger partial charge in [-0.3, -0.25) is 0 Å². The van der Waals surface area contributed by atoms with Crippen LogP contribution in [0.5, 0.6) is 0 Å². The monoisotopic (exact) mass is 450 g/mol. The summed E-state index contributed by atoms with van der Waals surface area (Å²) in [6.45, 7) is 4.32. The van der Waals surface area contributed by atoms with E-state index in [0.717, 1.165) is 23.1 Å². The molecule has 0 aliphatic heterocycles. The van der Waals surface area contributed by atoms with Gasteiger partial charge in [-0.05, 0) is 53.4 Å². The molecule has 0 radical (unpaired) electrons. The lowest BCUT2D eigenvalue weighted by atomic mass is 9.77. The van der Waals surface area contributed by atoms with Crippen LogP contribution in [0.25, 0.3) is 0 Å². The minimum absolute atomic E-state index is 0.0796. The number of aryl methyl sites for hydroxylation is 1. The lowest BCUT2D eigenvalue weighted by Gasteiger charge is -2.38. The topological polar surface area (TPSA) is 24.1 Å². The molecule has 0 spiro atoms. The van der Waals surface area contributed by atoms with Crippen LogP contribution in [0.3, 0.4) is 0 Å². The molecule has 0 aliphatic carbocycles. The van der Waals surface area contributed by atoms with Crippen LogP contribution >= 0.6 is 12.2 Å². The summed E-state index contributed by atoms with van der Waals surface area (Å²) in [5, 5.41) is 7.85. The van der Waals surface area contributed by atoms with E-state index in [9.17, 15) is 0 Å². The van der Waals surface area contributed by atoms with Gasteiger partial charge in [0.15, 0.2) is 5.11 Å². The molecule has 0 amide bonds. The van der Waals surface area contributed by atoms with Gasteiger partial charge in [0.25, 0.3) is 0 Å². The van der Waals surface area contributed by atoms with E-state index in [0.29, 0.717) is 5.11 Å². The van der Waals surface area contributed by atoms with Gasteiger partial charge in [0.2, 0.25) is 0 Å². The van der Waals surface area contributed by atoms with E-state index in [4.69, 9.17) is 12.2 Å². The van der Waals surface area contributed by atoms with E-state index in [2.05, 4.69) is 122 Å². The molecule has 0 bridgehead atoms. The van der Waals surface area contributed by atoms with Crippen LogP contribution in [0.1, 0.15) is 47.7 Å². The summed E-state index contributed by atoms with van der Waals surface area (Å²) >= 11 is 5.90. The molecule has 4 aromatic carbocycles. The number of nitrogens with one attached hydrogen (secondary N) is 2. The van der Waals surface area contributed by atoms with Crippen molar-refractivity contribution in [1.29, 1.82) is 0 Å². The van der Waals surface area contributed by atoms with Crippen LogP contribution < -0.4 is 10.6 Å². The quantitative estimate of drug-likeness (QED) is 0.240. The van der Waals surface area contributed by atoms with Crippen LogP contribution in [-0.4, -0.2) is 5.11 Å². The van der Waals surface area contributed by atoms with E-state index < -0.39 is 5.54 Å². The summed E-state index contributed by atoms with van der Waals surface area (Å²) in [7, 11) is 0. The number of rotatable bonds is 7. The van der Waals surface area contributed by atoms with Gasteiger partial charge >= 0.3 is 0 Å². The zero-order valence-corrected chi connectivity index (χ0v) is 20.0. The van der Waals surface area contributed by atoms with E-state index >= 15 is 0 Å².